The smallest absolute Gasteiger partial charge is 0.303 e. The van der Waals surface area contributed by atoms with Crippen molar-refractivity contribution >= 4 is 5.97 Å². The van der Waals surface area contributed by atoms with E-state index in [4.69, 9.17) is 5.11 Å². The Morgan fingerprint density at radius 3 is 1.95 bits per heavy atom. The Morgan fingerprint density at radius 1 is 0.800 bits per heavy atom. The maximum atomic E-state index is 10.3. The Kier molecular flexibility index (Phi) is 14.7. The van der Waals surface area contributed by atoms with Gasteiger partial charge in [0.2, 0.25) is 0 Å². The summed E-state index contributed by atoms with van der Waals surface area (Å²) < 4.78 is 0. The van der Waals surface area contributed by atoms with Crippen molar-refractivity contribution in [1.82, 2.24) is 0 Å². The Bertz CT molecular complexity index is 301. The van der Waals surface area contributed by atoms with Crippen LogP contribution in [-0.4, -0.2) is 11.1 Å². The minimum Gasteiger partial charge on any atom is -0.481 e. The molecule has 0 atom stereocenters. The monoisotopic (exact) mass is 278 g/mol. The van der Waals surface area contributed by atoms with Gasteiger partial charge in [0.1, 0.15) is 0 Å². The summed E-state index contributed by atoms with van der Waals surface area (Å²) in [6.07, 6.45) is 23.3. The summed E-state index contributed by atoms with van der Waals surface area (Å²) in [5.74, 6) is -0.677. The van der Waals surface area contributed by atoms with Gasteiger partial charge in [-0.2, -0.15) is 0 Å². The van der Waals surface area contributed by atoms with Gasteiger partial charge in [0.25, 0.3) is 0 Å². The van der Waals surface area contributed by atoms with E-state index in [1.54, 1.807) is 0 Å². The van der Waals surface area contributed by atoms with Crippen LogP contribution in [0.25, 0.3) is 0 Å². The standard InChI is InChI=1S/C18H30O2/c1-2-3-4-5-6-7-8-9-10-11-12-13-14-15-16-17-18(19)20/h5-10H,2-4,11-17H2,1H3,(H,19,20)/b6-5-,8-7+,10-9?. The van der Waals surface area contributed by atoms with E-state index in [2.05, 4.69) is 43.4 Å². The summed E-state index contributed by atoms with van der Waals surface area (Å²) in [4.78, 5) is 10.3. The SMILES string of the molecule is CCCC/C=C\C=C\C=CCCCCCCCC(=O)O. The molecule has 0 unspecified atom stereocenters. The quantitative estimate of drug-likeness (QED) is 0.348. The fourth-order valence-electron chi connectivity index (χ4n) is 1.87. The molecule has 0 radical (unpaired) electrons. The van der Waals surface area contributed by atoms with Crippen LogP contribution >= 0.6 is 0 Å². The fourth-order valence-corrected chi connectivity index (χ4v) is 1.87. The van der Waals surface area contributed by atoms with Gasteiger partial charge in [0.15, 0.2) is 0 Å². The molecule has 114 valence electrons. The van der Waals surface area contributed by atoms with Crippen LogP contribution in [0.3, 0.4) is 0 Å². The minimum atomic E-state index is -0.677. The number of hydrogen-bond acceptors (Lipinski definition) is 1. The van der Waals surface area contributed by atoms with Crippen molar-refractivity contribution in [3.05, 3.63) is 36.5 Å². The third-order valence-electron chi connectivity index (χ3n) is 3.09. The largest absolute Gasteiger partial charge is 0.481 e. The van der Waals surface area contributed by atoms with Crippen LogP contribution in [0.15, 0.2) is 36.5 Å². The summed E-state index contributed by atoms with van der Waals surface area (Å²) in [5.41, 5.74) is 0. The van der Waals surface area contributed by atoms with Crippen molar-refractivity contribution in [2.75, 3.05) is 0 Å². The third-order valence-corrected chi connectivity index (χ3v) is 3.09. The lowest BCUT2D eigenvalue weighted by atomic mass is 10.1. The summed E-state index contributed by atoms with van der Waals surface area (Å²) in [7, 11) is 0. The maximum absolute atomic E-state index is 10.3. The number of allylic oxidation sites excluding steroid dienone is 6. The number of aliphatic carboxylic acids is 1. The number of rotatable bonds is 13. The predicted octanol–water partition coefficient (Wildman–Crippen LogP) is 5.66. The second-order valence-corrected chi connectivity index (χ2v) is 5.08. The topological polar surface area (TPSA) is 37.3 Å². The highest BCUT2D eigenvalue weighted by atomic mass is 16.4. The molecule has 0 amide bonds. The molecule has 0 spiro atoms. The van der Waals surface area contributed by atoms with Crippen molar-refractivity contribution in [2.45, 2.75) is 71.1 Å². The molecule has 2 nitrogen and oxygen atoms in total. The number of carbonyl (C=O) groups is 1. The second kappa shape index (κ2) is 15.7. The molecule has 0 aromatic heterocycles. The van der Waals surface area contributed by atoms with Gasteiger partial charge >= 0.3 is 5.97 Å². The van der Waals surface area contributed by atoms with Crippen molar-refractivity contribution in [2.24, 2.45) is 0 Å². The van der Waals surface area contributed by atoms with E-state index in [-0.39, 0.29) is 0 Å². The van der Waals surface area contributed by atoms with E-state index in [0.717, 1.165) is 25.7 Å². The molecule has 2 heteroatoms. The Morgan fingerprint density at radius 2 is 1.35 bits per heavy atom. The maximum Gasteiger partial charge on any atom is 0.303 e. The average molecular weight is 278 g/mol. The summed E-state index contributed by atoms with van der Waals surface area (Å²) in [6.45, 7) is 2.21. The lowest BCUT2D eigenvalue weighted by Gasteiger charge is -1.97. The Balaban J connectivity index is 3.29. The molecule has 0 heterocycles. The first-order chi connectivity index (χ1) is 9.77. The van der Waals surface area contributed by atoms with Gasteiger partial charge in [-0.15, -0.1) is 0 Å². The molecule has 0 aromatic rings. The molecule has 1 N–H and O–H groups in total. The molecule has 0 aliphatic heterocycles. The molecule has 0 aliphatic carbocycles. The van der Waals surface area contributed by atoms with Gasteiger partial charge in [-0.1, -0.05) is 75.5 Å². The number of hydrogen-bond donors (Lipinski definition) is 1. The highest BCUT2D eigenvalue weighted by Crippen LogP contribution is 2.07. The summed E-state index contributed by atoms with van der Waals surface area (Å²) >= 11 is 0. The van der Waals surface area contributed by atoms with Crippen LogP contribution in [0.5, 0.6) is 0 Å². The van der Waals surface area contributed by atoms with E-state index < -0.39 is 5.97 Å². The number of carboxylic acid groups (broad SMARTS) is 1. The highest BCUT2D eigenvalue weighted by molar-refractivity contribution is 5.66. The van der Waals surface area contributed by atoms with Gasteiger partial charge in [0, 0.05) is 6.42 Å². The first kappa shape index (κ1) is 18.7. The van der Waals surface area contributed by atoms with Gasteiger partial charge < -0.3 is 5.11 Å². The molecule has 20 heavy (non-hydrogen) atoms. The number of unbranched alkanes of at least 4 members (excludes halogenated alkanes) is 7. The zero-order valence-electron chi connectivity index (χ0n) is 12.9. The second-order valence-electron chi connectivity index (χ2n) is 5.08. The summed E-state index contributed by atoms with van der Waals surface area (Å²) in [5, 5.41) is 8.50. The van der Waals surface area contributed by atoms with Crippen LogP contribution in [0.1, 0.15) is 71.1 Å². The Hall–Kier alpha value is -1.31. The zero-order valence-corrected chi connectivity index (χ0v) is 12.9. The first-order valence-electron chi connectivity index (χ1n) is 7.97. The fraction of sp³-hybridized carbons (Fsp3) is 0.611. The lowest BCUT2D eigenvalue weighted by Crippen LogP contribution is -1.93. The molecular weight excluding hydrogens is 248 g/mol. The van der Waals surface area contributed by atoms with Crippen LogP contribution < -0.4 is 0 Å². The van der Waals surface area contributed by atoms with Crippen LogP contribution in [0.2, 0.25) is 0 Å². The normalized spacial score (nSPS) is 12.1. The van der Waals surface area contributed by atoms with E-state index in [9.17, 15) is 4.79 Å². The van der Waals surface area contributed by atoms with Crippen molar-refractivity contribution in [3.63, 3.8) is 0 Å². The van der Waals surface area contributed by atoms with Crippen LogP contribution in [0, 0.1) is 0 Å². The molecular formula is C18H30O2. The van der Waals surface area contributed by atoms with E-state index >= 15 is 0 Å². The molecule has 0 aromatic carbocycles. The van der Waals surface area contributed by atoms with Crippen LogP contribution in [-0.2, 0) is 4.79 Å². The third kappa shape index (κ3) is 16.7. The Labute approximate surface area is 124 Å². The lowest BCUT2D eigenvalue weighted by molar-refractivity contribution is -0.137. The number of carboxylic acids is 1. The predicted molar refractivity (Wildman–Crippen MR) is 86.9 cm³/mol. The van der Waals surface area contributed by atoms with Gasteiger partial charge in [-0.25, -0.2) is 0 Å². The van der Waals surface area contributed by atoms with E-state index in [1.807, 2.05) is 0 Å². The molecule has 0 rings (SSSR count). The van der Waals surface area contributed by atoms with E-state index in [1.165, 1.54) is 32.1 Å². The van der Waals surface area contributed by atoms with Gasteiger partial charge in [0.05, 0.1) is 0 Å². The zero-order chi connectivity index (χ0) is 14.9. The van der Waals surface area contributed by atoms with Crippen molar-refractivity contribution in [1.29, 1.82) is 0 Å². The van der Waals surface area contributed by atoms with Crippen LogP contribution in [0.4, 0.5) is 0 Å². The first-order valence-corrected chi connectivity index (χ1v) is 7.97. The van der Waals surface area contributed by atoms with Crippen molar-refractivity contribution < 1.29 is 9.90 Å². The average Bonchev–Trinajstić information content (AvgIpc) is 2.43. The van der Waals surface area contributed by atoms with Crippen molar-refractivity contribution in [3.8, 4) is 0 Å². The molecule has 0 bridgehead atoms. The summed E-state index contributed by atoms with van der Waals surface area (Å²) in [6, 6.07) is 0. The molecule has 0 saturated carbocycles. The van der Waals surface area contributed by atoms with Gasteiger partial charge in [-0.3, -0.25) is 4.79 Å². The molecule has 0 fully saturated rings. The highest BCUT2D eigenvalue weighted by Gasteiger charge is 1.95. The van der Waals surface area contributed by atoms with E-state index in [0.29, 0.717) is 6.42 Å². The van der Waals surface area contributed by atoms with Gasteiger partial charge in [-0.05, 0) is 25.7 Å². The molecule has 0 aliphatic rings. The minimum absolute atomic E-state index is 0.316. The molecule has 0 saturated heterocycles.